The molecule has 0 atom stereocenters. The molecule has 0 aliphatic rings. The molecule has 0 unspecified atom stereocenters. The number of allylic oxidation sites excluding steroid dienone is 1. The van der Waals surface area contributed by atoms with Crippen molar-refractivity contribution in [1.82, 2.24) is 4.90 Å². The lowest BCUT2D eigenvalue weighted by Crippen LogP contribution is -2.17. The molecule has 0 heterocycles. The predicted octanol–water partition coefficient (Wildman–Crippen LogP) is 4.49. The minimum Gasteiger partial charge on any atom is -0.298 e. The summed E-state index contributed by atoms with van der Waals surface area (Å²) in [7, 11) is 2.11. The van der Waals surface area contributed by atoms with Crippen molar-refractivity contribution in [2.45, 2.75) is 27.3 Å². The molecular formula is C17H22BrN. The molecule has 0 spiro atoms. The molecule has 0 saturated heterocycles. The summed E-state index contributed by atoms with van der Waals surface area (Å²) in [6.07, 6.45) is 4.05. The molecule has 0 aliphatic carbocycles. The van der Waals surface area contributed by atoms with Gasteiger partial charge in [-0.2, -0.15) is 0 Å². The van der Waals surface area contributed by atoms with Gasteiger partial charge in [-0.15, -0.1) is 0 Å². The third kappa shape index (κ3) is 7.87. The van der Waals surface area contributed by atoms with Gasteiger partial charge in [-0.05, 0) is 51.6 Å². The fraction of sp³-hybridized carbons (Fsp3) is 0.412. The quantitative estimate of drug-likeness (QED) is 0.739. The van der Waals surface area contributed by atoms with E-state index >= 15 is 0 Å². The van der Waals surface area contributed by atoms with Gasteiger partial charge in [-0.25, -0.2) is 0 Å². The Bertz CT molecular complexity index is 486. The van der Waals surface area contributed by atoms with Gasteiger partial charge in [0.2, 0.25) is 0 Å². The number of halogens is 1. The maximum atomic E-state index is 3.49. The van der Waals surface area contributed by atoms with Crippen LogP contribution in [0.15, 0.2) is 40.9 Å². The first-order chi connectivity index (χ1) is 8.87. The second-order valence-corrected chi connectivity index (χ2v) is 6.66. The summed E-state index contributed by atoms with van der Waals surface area (Å²) >= 11 is 3.49. The lowest BCUT2D eigenvalue weighted by atomic mass is 9.98. The normalized spacial score (nSPS) is 11.7. The van der Waals surface area contributed by atoms with Gasteiger partial charge < -0.3 is 0 Å². The summed E-state index contributed by atoms with van der Waals surface area (Å²) in [4.78, 5) is 2.26. The van der Waals surface area contributed by atoms with Gasteiger partial charge in [0.25, 0.3) is 0 Å². The Kier molecular flexibility index (Phi) is 6.34. The summed E-state index contributed by atoms with van der Waals surface area (Å²) in [5.74, 6) is 6.28. The average Bonchev–Trinajstić information content (AvgIpc) is 2.26. The Morgan fingerprint density at radius 2 is 2.05 bits per heavy atom. The van der Waals surface area contributed by atoms with Crippen LogP contribution in [0.5, 0.6) is 0 Å². The third-order valence-corrected chi connectivity index (χ3v) is 2.90. The third-order valence-electron chi connectivity index (χ3n) is 2.41. The Labute approximate surface area is 125 Å². The van der Waals surface area contributed by atoms with Crippen molar-refractivity contribution in [1.29, 1.82) is 0 Å². The first kappa shape index (κ1) is 16.0. The van der Waals surface area contributed by atoms with Crippen molar-refractivity contribution in [3.05, 3.63) is 46.5 Å². The topological polar surface area (TPSA) is 3.24 Å². The molecule has 0 N–H and O–H groups in total. The first-order valence-corrected chi connectivity index (χ1v) is 7.27. The highest BCUT2D eigenvalue weighted by atomic mass is 79.9. The minimum absolute atomic E-state index is 0.0759. The van der Waals surface area contributed by atoms with Gasteiger partial charge in [0.15, 0.2) is 0 Å². The van der Waals surface area contributed by atoms with Gasteiger partial charge in [-0.3, -0.25) is 4.90 Å². The van der Waals surface area contributed by atoms with Gasteiger partial charge in [0.1, 0.15) is 0 Å². The zero-order valence-corrected chi connectivity index (χ0v) is 13.8. The summed E-state index contributed by atoms with van der Waals surface area (Å²) in [5.41, 5.74) is 1.39. The van der Waals surface area contributed by atoms with Crippen LogP contribution in [0.2, 0.25) is 0 Å². The smallest absolute Gasteiger partial charge is 0.0234 e. The van der Waals surface area contributed by atoms with Crippen molar-refractivity contribution in [3.63, 3.8) is 0 Å². The minimum atomic E-state index is 0.0759. The van der Waals surface area contributed by atoms with E-state index in [1.165, 1.54) is 5.56 Å². The SMILES string of the molecule is CN(C/C=C/C#CC(C)(C)C)Cc1cccc(Br)c1. The average molecular weight is 320 g/mol. The highest BCUT2D eigenvalue weighted by Gasteiger charge is 2.02. The highest BCUT2D eigenvalue weighted by Crippen LogP contribution is 2.13. The van der Waals surface area contributed by atoms with E-state index < -0.39 is 0 Å². The van der Waals surface area contributed by atoms with E-state index in [4.69, 9.17) is 0 Å². The van der Waals surface area contributed by atoms with E-state index in [1.807, 2.05) is 12.1 Å². The number of hydrogen-bond acceptors (Lipinski definition) is 1. The maximum Gasteiger partial charge on any atom is 0.0234 e. The molecule has 0 bridgehead atoms. The highest BCUT2D eigenvalue weighted by molar-refractivity contribution is 9.10. The molecule has 1 rings (SSSR count). The molecule has 0 saturated carbocycles. The van der Waals surface area contributed by atoms with Crippen LogP contribution in [0, 0.1) is 17.3 Å². The van der Waals surface area contributed by atoms with Crippen molar-refractivity contribution in [3.8, 4) is 11.8 Å². The Morgan fingerprint density at radius 1 is 1.32 bits per heavy atom. The molecule has 1 aromatic rings. The number of rotatable bonds is 4. The Morgan fingerprint density at radius 3 is 2.68 bits per heavy atom. The molecule has 19 heavy (non-hydrogen) atoms. The fourth-order valence-corrected chi connectivity index (χ4v) is 2.01. The second-order valence-electron chi connectivity index (χ2n) is 5.75. The first-order valence-electron chi connectivity index (χ1n) is 6.47. The van der Waals surface area contributed by atoms with Crippen LogP contribution in [-0.2, 0) is 6.54 Å². The maximum absolute atomic E-state index is 3.49. The van der Waals surface area contributed by atoms with E-state index in [-0.39, 0.29) is 5.41 Å². The largest absolute Gasteiger partial charge is 0.298 e. The van der Waals surface area contributed by atoms with Crippen LogP contribution in [0.4, 0.5) is 0 Å². The lowest BCUT2D eigenvalue weighted by molar-refractivity contribution is 0.363. The molecule has 0 aromatic heterocycles. The van der Waals surface area contributed by atoms with E-state index in [0.717, 1.165) is 17.6 Å². The number of hydrogen-bond donors (Lipinski definition) is 0. The van der Waals surface area contributed by atoms with E-state index in [0.29, 0.717) is 0 Å². The van der Waals surface area contributed by atoms with Gasteiger partial charge in [-0.1, -0.05) is 46.0 Å². The van der Waals surface area contributed by atoms with Gasteiger partial charge in [0, 0.05) is 23.0 Å². The molecular weight excluding hydrogens is 298 g/mol. The number of likely N-dealkylation sites (N-methyl/N-ethyl adjacent to an activating group) is 1. The monoisotopic (exact) mass is 319 g/mol. The molecule has 2 heteroatoms. The fourth-order valence-electron chi connectivity index (χ4n) is 1.56. The van der Waals surface area contributed by atoms with Crippen molar-refractivity contribution >= 4 is 15.9 Å². The van der Waals surface area contributed by atoms with Crippen molar-refractivity contribution < 1.29 is 0 Å². The van der Waals surface area contributed by atoms with E-state index in [1.54, 1.807) is 0 Å². The molecule has 1 aromatic carbocycles. The van der Waals surface area contributed by atoms with Crippen molar-refractivity contribution in [2.24, 2.45) is 5.41 Å². The van der Waals surface area contributed by atoms with Gasteiger partial charge in [0.05, 0.1) is 0 Å². The van der Waals surface area contributed by atoms with Crippen LogP contribution >= 0.6 is 15.9 Å². The summed E-state index contributed by atoms with van der Waals surface area (Å²) in [6.45, 7) is 8.20. The van der Waals surface area contributed by atoms with Crippen LogP contribution in [-0.4, -0.2) is 18.5 Å². The van der Waals surface area contributed by atoms with Gasteiger partial charge >= 0.3 is 0 Å². The number of benzene rings is 1. The molecule has 0 radical (unpaired) electrons. The standard InChI is InChI=1S/C17H22BrN/c1-17(2,3)11-6-5-7-12-19(4)14-15-9-8-10-16(18)13-15/h5,7-10,13H,12,14H2,1-4H3/b7-5+. The molecule has 102 valence electrons. The lowest BCUT2D eigenvalue weighted by Gasteiger charge is -2.14. The summed E-state index contributed by atoms with van der Waals surface area (Å²) in [5, 5.41) is 0. The molecule has 0 fully saturated rings. The summed E-state index contributed by atoms with van der Waals surface area (Å²) in [6, 6.07) is 8.41. The number of nitrogens with zero attached hydrogens (tertiary/aromatic N) is 1. The molecule has 0 aliphatic heterocycles. The zero-order valence-electron chi connectivity index (χ0n) is 12.2. The zero-order chi connectivity index (χ0) is 14.3. The predicted molar refractivity (Wildman–Crippen MR) is 86.8 cm³/mol. The van der Waals surface area contributed by atoms with Crippen LogP contribution < -0.4 is 0 Å². The van der Waals surface area contributed by atoms with E-state index in [9.17, 15) is 0 Å². The second kappa shape index (κ2) is 7.53. The van der Waals surface area contributed by atoms with Crippen molar-refractivity contribution in [2.75, 3.05) is 13.6 Å². The molecule has 0 amide bonds. The summed E-state index contributed by atoms with van der Waals surface area (Å²) < 4.78 is 1.13. The Hall–Kier alpha value is -1.04. The Balaban J connectivity index is 2.41. The van der Waals surface area contributed by atoms with Crippen LogP contribution in [0.25, 0.3) is 0 Å². The molecule has 1 nitrogen and oxygen atoms in total. The van der Waals surface area contributed by atoms with Crippen LogP contribution in [0.3, 0.4) is 0 Å². The van der Waals surface area contributed by atoms with E-state index in [2.05, 4.69) is 84.8 Å². The van der Waals surface area contributed by atoms with Crippen LogP contribution in [0.1, 0.15) is 26.3 Å².